The first-order valence-electron chi connectivity index (χ1n) is 12.7. The molecule has 4 amide bonds. The van der Waals surface area contributed by atoms with E-state index in [-0.39, 0.29) is 25.1 Å². The van der Waals surface area contributed by atoms with Crippen LogP contribution in [0.25, 0.3) is 0 Å². The summed E-state index contributed by atoms with van der Waals surface area (Å²) in [5.74, 6) is -6.65. The van der Waals surface area contributed by atoms with Crippen LogP contribution >= 0.6 is 12.6 Å². The van der Waals surface area contributed by atoms with Gasteiger partial charge in [-0.25, -0.2) is 9.78 Å². The molecule has 1 heterocycles. The Hall–Kier alpha value is -3.74. The van der Waals surface area contributed by atoms with Crippen molar-refractivity contribution in [2.75, 3.05) is 12.3 Å². The van der Waals surface area contributed by atoms with Crippen LogP contribution in [0.4, 0.5) is 0 Å². The number of thiol groups is 1. The Kier molecular flexibility index (Phi) is 15.4. The normalized spacial score (nSPS) is 15.3. The van der Waals surface area contributed by atoms with E-state index in [0.29, 0.717) is 18.5 Å². The quantitative estimate of drug-likeness (QED) is 0.0537. The molecule has 12 N–H and O–H groups in total. The molecule has 0 fully saturated rings. The number of amides is 4. The van der Waals surface area contributed by atoms with Crippen molar-refractivity contribution in [1.82, 2.24) is 31.2 Å². The van der Waals surface area contributed by atoms with Crippen molar-refractivity contribution in [3.05, 3.63) is 18.2 Å². The highest BCUT2D eigenvalue weighted by molar-refractivity contribution is 7.80. The summed E-state index contributed by atoms with van der Waals surface area (Å²) in [6.45, 7) is 1.47. The number of nitrogens with two attached hydrogens (primary N) is 2. The second-order valence-electron chi connectivity index (χ2n) is 9.20. The van der Waals surface area contributed by atoms with Crippen LogP contribution in [0.2, 0.25) is 0 Å². The van der Waals surface area contributed by atoms with Crippen LogP contribution in [0.5, 0.6) is 0 Å². The third-order valence-electron chi connectivity index (χ3n) is 5.78. The number of hydrogen-bond donors (Lipinski definition) is 11. The minimum atomic E-state index is -1.62. The lowest BCUT2D eigenvalue weighted by Crippen LogP contribution is -2.60. The number of aliphatic hydroxyl groups excluding tert-OH is 1. The average molecular weight is 603 g/mol. The van der Waals surface area contributed by atoms with Crippen molar-refractivity contribution >= 4 is 48.2 Å². The SMILES string of the molecule is C[C@@H](O)[C@H](NC(=O)[C@H](CCCCN)NC(=O)[C@H](CC(=O)O)NC(=O)[C@@H](N)CS)C(=O)N[C@@H](Cc1cnc[nH]1)C(=O)O. The second kappa shape index (κ2) is 17.8. The third kappa shape index (κ3) is 12.5. The molecule has 0 saturated carbocycles. The minimum Gasteiger partial charge on any atom is -0.481 e. The van der Waals surface area contributed by atoms with Crippen LogP contribution in [0.3, 0.4) is 0 Å². The first kappa shape index (κ1) is 35.3. The molecule has 6 atom stereocenters. The predicted molar refractivity (Wildman–Crippen MR) is 146 cm³/mol. The van der Waals surface area contributed by atoms with Crippen LogP contribution in [0.15, 0.2) is 12.5 Å². The van der Waals surface area contributed by atoms with Crippen LogP contribution in [0, 0.1) is 0 Å². The van der Waals surface area contributed by atoms with Gasteiger partial charge in [-0.3, -0.25) is 24.0 Å². The van der Waals surface area contributed by atoms with E-state index in [1.165, 1.54) is 19.4 Å². The van der Waals surface area contributed by atoms with Crippen molar-refractivity contribution in [2.24, 2.45) is 11.5 Å². The average Bonchev–Trinajstić information content (AvgIpc) is 3.42. The molecule has 41 heavy (non-hydrogen) atoms. The first-order chi connectivity index (χ1) is 19.3. The lowest BCUT2D eigenvalue weighted by Gasteiger charge is -2.27. The Bertz CT molecular complexity index is 1040. The van der Waals surface area contributed by atoms with Gasteiger partial charge in [0.25, 0.3) is 0 Å². The Morgan fingerprint density at radius 3 is 2.07 bits per heavy atom. The van der Waals surface area contributed by atoms with E-state index in [1.807, 2.05) is 0 Å². The monoisotopic (exact) mass is 602 g/mol. The van der Waals surface area contributed by atoms with Crippen molar-refractivity contribution in [3.63, 3.8) is 0 Å². The summed E-state index contributed by atoms with van der Waals surface area (Å²) in [5.41, 5.74) is 11.5. The van der Waals surface area contributed by atoms with E-state index < -0.39 is 78.3 Å². The number of imidazole rings is 1. The van der Waals surface area contributed by atoms with Gasteiger partial charge in [-0.15, -0.1) is 0 Å². The van der Waals surface area contributed by atoms with E-state index in [1.54, 1.807) is 0 Å². The van der Waals surface area contributed by atoms with Crippen LogP contribution in [-0.2, 0) is 35.2 Å². The number of aromatic amines is 1. The zero-order valence-electron chi connectivity index (χ0n) is 22.4. The van der Waals surface area contributed by atoms with Crippen LogP contribution in [-0.4, -0.2) is 109 Å². The first-order valence-corrected chi connectivity index (χ1v) is 13.3. The van der Waals surface area contributed by atoms with Gasteiger partial charge in [0.05, 0.1) is 24.9 Å². The van der Waals surface area contributed by atoms with E-state index in [9.17, 15) is 44.1 Å². The van der Waals surface area contributed by atoms with E-state index in [0.717, 1.165) is 0 Å². The lowest BCUT2D eigenvalue weighted by molar-refractivity contribution is -0.143. The van der Waals surface area contributed by atoms with Gasteiger partial charge in [0.1, 0.15) is 24.2 Å². The zero-order chi connectivity index (χ0) is 31.1. The number of aliphatic carboxylic acids is 2. The summed E-state index contributed by atoms with van der Waals surface area (Å²) in [4.78, 5) is 80.7. The van der Waals surface area contributed by atoms with Gasteiger partial charge in [0, 0.05) is 24.1 Å². The molecule has 230 valence electrons. The molecule has 0 aliphatic carbocycles. The fourth-order valence-corrected chi connectivity index (χ4v) is 3.68. The number of rotatable bonds is 19. The topological polar surface area (TPSA) is 292 Å². The van der Waals surface area contributed by atoms with Gasteiger partial charge in [-0.05, 0) is 32.7 Å². The molecular formula is C23H38N8O9S. The van der Waals surface area contributed by atoms with E-state index >= 15 is 0 Å². The number of unbranched alkanes of at least 4 members (excludes halogenated alkanes) is 1. The Balaban J connectivity index is 3.08. The number of carbonyl (C=O) groups excluding carboxylic acids is 4. The minimum absolute atomic E-state index is 0.00435. The second-order valence-corrected chi connectivity index (χ2v) is 9.57. The van der Waals surface area contributed by atoms with Gasteiger partial charge in [-0.1, -0.05) is 0 Å². The van der Waals surface area contributed by atoms with Crippen molar-refractivity contribution in [1.29, 1.82) is 0 Å². The van der Waals surface area contributed by atoms with Gasteiger partial charge in [0.15, 0.2) is 0 Å². The number of carbonyl (C=O) groups is 6. The highest BCUT2D eigenvalue weighted by Gasteiger charge is 2.34. The molecule has 0 spiro atoms. The summed E-state index contributed by atoms with van der Waals surface area (Å²) in [5, 5.41) is 38.1. The molecule has 1 rings (SSSR count). The molecule has 17 nitrogen and oxygen atoms in total. The number of nitrogens with one attached hydrogen (secondary N) is 5. The molecule has 0 aliphatic heterocycles. The highest BCUT2D eigenvalue weighted by Crippen LogP contribution is 2.06. The molecule has 0 unspecified atom stereocenters. The smallest absolute Gasteiger partial charge is 0.326 e. The Morgan fingerprint density at radius 2 is 1.56 bits per heavy atom. The Labute approximate surface area is 241 Å². The predicted octanol–water partition coefficient (Wildman–Crippen LogP) is -3.78. The summed E-state index contributed by atoms with van der Waals surface area (Å²) in [7, 11) is 0. The number of carboxylic acids is 2. The van der Waals surface area contributed by atoms with E-state index in [4.69, 9.17) is 11.5 Å². The van der Waals surface area contributed by atoms with Gasteiger partial charge >= 0.3 is 11.9 Å². The maximum absolute atomic E-state index is 13.2. The summed E-state index contributed by atoms with van der Waals surface area (Å²) < 4.78 is 0. The molecule has 0 radical (unpaired) electrons. The number of hydrogen-bond acceptors (Lipinski definition) is 11. The molecular weight excluding hydrogens is 564 g/mol. The molecule has 18 heteroatoms. The number of aromatic nitrogens is 2. The largest absolute Gasteiger partial charge is 0.481 e. The molecule has 1 aromatic heterocycles. The highest BCUT2D eigenvalue weighted by atomic mass is 32.1. The van der Waals surface area contributed by atoms with Crippen LogP contribution in [0.1, 0.15) is 38.3 Å². The van der Waals surface area contributed by atoms with E-state index in [2.05, 4.69) is 43.9 Å². The van der Waals surface area contributed by atoms with Crippen molar-refractivity contribution in [2.45, 2.75) is 75.3 Å². The number of H-pyrrole nitrogens is 1. The zero-order valence-corrected chi connectivity index (χ0v) is 23.3. The summed E-state index contributed by atoms with van der Waals surface area (Å²) >= 11 is 3.89. The molecule has 0 bridgehead atoms. The van der Waals surface area contributed by atoms with Gasteiger partial charge in [-0.2, -0.15) is 12.6 Å². The summed E-state index contributed by atoms with van der Waals surface area (Å²) in [6, 6.07) is -7.10. The van der Waals surface area contributed by atoms with Gasteiger partial charge in [0.2, 0.25) is 23.6 Å². The number of nitrogens with zero attached hydrogens (tertiary/aromatic N) is 1. The molecule has 0 aliphatic rings. The third-order valence-corrected chi connectivity index (χ3v) is 6.17. The fourth-order valence-electron chi connectivity index (χ4n) is 3.52. The fraction of sp³-hybridized carbons (Fsp3) is 0.609. The van der Waals surface area contributed by atoms with Gasteiger partial charge < -0.3 is 53.0 Å². The summed E-state index contributed by atoms with van der Waals surface area (Å²) in [6.07, 6.45) is 1.04. The van der Waals surface area contributed by atoms with Crippen molar-refractivity contribution < 1.29 is 44.1 Å². The maximum atomic E-state index is 13.2. The molecule has 0 aromatic carbocycles. The molecule has 0 saturated heterocycles. The standard InChI is InChI=1S/C23H38N8O9S/c1-11(32)18(22(38)30-16(23(39)40)6-12-8-26-10-27-12)31-20(36)14(4-2-3-5-24)28-21(37)15(7-17(33)34)29-19(35)13(25)9-41/h8,10-11,13-16,18,32,41H,2-7,9,24-25H2,1H3,(H,26,27)(H,28,37)(H,29,35)(H,30,38)(H,31,36)(H,33,34)(H,39,40)/t11-,13+,14+,15+,16+,18+/m1/s1. The number of aliphatic hydroxyl groups is 1. The van der Waals surface area contributed by atoms with Crippen LogP contribution < -0.4 is 32.7 Å². The maximum Gasteiger partial charge on any atom is 0.326 e. The molecule has 1 aromatic rings. The number of carboxylic acid groups (broad SMARTS) is 2. The lowest BCUT2D eigenvalue weighted by atomic mass is 10.0. The van der Waals surface area contributed by atoms with Crippen molar-refractivity contribution in [3.8, 4) is 0 Å². The Morgan fingerprint density at radius 1 is 0.951 bits per heavy atom.